The van der Waals surface area contributed by atoms with E-state index >= 15 is 0 Å². The molecule has 1 atom stereocenters. The molecule has 2 aromatic rings. The molecule has 0 spiro atoms. The molecule has 5 nitrogen and oxygen atoms in total. The average molecular weight is 351 g/mol. The zero-order valence-electron chi connectivity index (χ0n) is 15.4. The zero-order valence-corrected chi connectivity index (χ0v) is 15.4. The maximum atomic E-state index is 12.8. The zero-order chi connectivity index (χ0) is 18.6. The summed E-state index contributed by atoms with van der Waals surface area (Å²) in [6, 6.07) is 12.1. The quantitative estimate of drug-likeness (QED) is 0.901. The van der Waals surface area contributed by atoms with E-state index in [9.17, 15) is 9.59 Å². The predicted molar refractivity (Wildman–Crippen MR) is 101 cm³/mol. The molecule has 0 unspecified atom stereocenters. The summed E-state index contributed by atoms with van der Waals surface area (Å²) in [6.07, 6.45) is 5.31. The number of hydrogen-bond acceptors (Lipinski definition) is 3. The SMILES string of the molecule is CCC(=O)N1CC[C@@](Cc2ccccc2-c2ccncc2)(C(=O)NC)C1. The Balaban J connectivity index is 1.95. The summed E-state index contributed by atoms with van der Waals surface area (Å²) in [5, 5.41) is 2.82. The van der Waals surface area contributed by atoms with E-state index in [-0.39, 0.29) is 11.8 Å². The van der Waals surface area contributed by atoms with Crippen LogP contribution in [0.2, 0.25) is 0 Å². The molecule has 2 amide bonds. The summed E-state index contributed by atoms with van der Waals surface area (Å²) >= 11 is 0. The topological polar surface area (TPSA) is 62.3 Å². The number of likely N-dealkylation sites (tertiary alicyclic amines) is 1. The Hall–Kier alpha value is -2.69. The number of nitrogens with zero attached hydrogens (tertiary/aromatic N) is 2. The van der Waals surface area contributed by atoms with Gasteiger partial charge in [0.1, 0.15) is 0 Å². The Bertz CT molecular complexity index is 791. The smallest absolute Gasteiger partial charge is 0.228 e. The van der Waals surface area contributed by atoms with Gasteiger partial charge in [-0.25, -0.2) is 0 Å². The fraction of sp³-hybridized carbons (Fsp3) is 0.381. The van der Waals surface area contributed by atoms with Crippen molar-refractivity contribution in [1.82, 2.24) is 15.2 Å². The van der Waals surface area contributed by atoms with Gasteiger partial charge in [0.2, 0.25) is 11.8 Å². The third kappa shape index (κ3) is 3.47. The van der Waals surface area contributed by atoms with Gasteiger partial charge in [0.05, 0.1) is 5.41 Å². The van der Waals surface area contributed by atoms with E-state index in [0.29, 0.717) is 32.4 Å². The summed E-state index contributed by atoms with van der Waals surface area (Å²) < 4.78 is 0. The number of aromatic nitrogens is 1. The summed E-state index contributed by atoms with van der Waals surface area (Å²) in [5.74, 6) is 0.117. The number of carbonyl (C=O) groups is 2. The van der Waals surface area contributed by atoms with E-state index in [1.807, 2.05) is 36.1 Å². The second-order valence-electron chi connectivity index (χ2n) is 6.85. The predicted octanol–water partition coefficient (Wildman–Crippen LogP) is 2.67. The highest BCUT2D eigenvalue weighted by Crippen LogP contribution is 2.37. The van der Waals surface area contributed by atoms with Crippen LogP contribution >= 0.6 is 0 Å². The first kappa shape index (κ1) is 18.1. The van der Waals surface area contributed by atoms with Crippen LogP contribution in [0.1, 0.15) is 25.3 Å². The lowest BCUT2D eigenvalue weighted by Crippen LogP contribution is -2.44. The molecule has 1 N–H and O–H groups in total. The molecule has 0 bridgehead atoms. The van der Waals surface area contributed by atoms with Crippen molar-refractivity contribution in [2.75, 3.05) is 20.1 Å². The summed E-state index contributed by atoms with van der Waals surface area (Å²) in [7, 11) is 1.67. The highest BCUT2D eigenvalue weighted by atomic mass is 16.2. The van der Waals surface area contributed by atoms with Gasteiger partial charge in [-0.3, -0.25) is 14.6 Å². The number of amides is 2. The Kier molecular flexibility index (Phi) is 5.35. The van der Waals surface area contributed by atoms with E-state index in [0.717, 1.165) is 16.7 Å². The van der Waals surface area contributed by atoms with Crippen LogP contribution in [0.5, 0.6) is 0 Å². The Morgan fingerprint density at radius 1 is 1.19 bits per heavy atom. The molecular formula is C21H25N3O2. The van der Waals surface area contributed by atoms with Crippen molar-refractivity contribution in [3.63, 3.8) is 0 Å². The van der Waals surface area contributed by atoms with Crippen molar-refractivity contribution < 1.29 is 9.59 Å². The molecule has 2 heterocycles. The second kappa shape index (κ2) is 7.68. The monoisotopic (exact) mass is 351 g/mol. The van der Waals surface area contributed by atoms with Crippen molar-refractivity contribution in [3.8, 4) is 11.1 Å². The average Bonchev–Trinajstić information content (AvgIpc) is 3.13. The number of benzene rings is 1. The summed E-state index contributed by atoms with van der Waals surface area (Å²) in [4.78, 5) is 30.8. The van der Waals surface area contributed by atoms with Crippen LogP contribution in [-0.2, 0) is 16.0 Å². The fourth-order valence-electron chi connectivity index (χ4n) is 3.84. The van der Waals surface area contributed by atoms with Crippen LogP contribution < -0.4 is 5.32 Å². The molecule has 136 valence electrons. The van der Waals surface area contributed by atoms with Crippen LogP contribution in [-0.4, -0.2) is 41.8 Å². The van der Waals surface area contributed by atoms with E-state index in [4.69, 9.17) is 0 Å². The lowest BCUT2D eigenvalue weighted by atomic mass is 9.78. The van der Waals surface area contributed by atoms with Crippen molar-refractivity contribution >= 4 is 11.8 Å². The molecule has 1 saturated heterocycles. The van der Waals surface area contributed by atoms with Crippen LogP contribution in [0.3, 0.4) is 0 Å². The van der Waals surface area contributed by atoms with Gasteiger partial charge >= 0.3 is 0 Å². The van der Waals surface area contributed by atoms with Gasteiger partial charge < -0.3 is 10.2 Å². The second-order valence-corrected chi connectivity index (χ2v) is 6.85. The normalized spacial score (nSPS) is 19.4. The highest BCUT2D eigenvalue weighted by Gasteiger charge is 2.45. The minimum atomic E-state index is -0.581. The molecule has 3 rings (SSSR count). The first-order valence-electron chi connectivity index (χ1n) is 9.08. The molecular weight excluding hydrogens is 326 g/mol. The van der Waals surface area contributed by atoms with E-state index < -0.39 is 5.41 Å². The fourth-order valence-corrected chi connectivity index (χ4v) is 3.84. The third-order valence-corrected chi connectivity index (χ3v) is 5.26. The van der Waals surface area contributed by atoms with Crippen LogP contribution in [0, 0.1) is 5.41 Å². The molecule has 1 aliphatic rings. The largest absolute Gasteiger partial charge is 0.359 e. The van der Waals surface area contributed by atoms with Gasteiger partial charge in [0, 0.05) is 39.0 Å². The lowest BCUT2D eigenvalue weighted by molar-refractivity contribution is -0.132. The molecule has 26 heavy (non-hydrogen) atoms. The van der Waals surface area contributed by atoms with Crippen molar-refractivity contribution in [1.29, 1.82) is 0 Å². The Morgan fingerprint density at radius 2 is 1.92 bits per heavy atom. The number of carbonyl (C=O) groups excluding carboxylic acids is 2. The van der Waals surface area contributed by atoms with E-state index in [1.54, 1.807) is 19.4 Å². The number of pyridine rings is 1. The Labute approximate surface area is 154 Å². The van der Waals surface area contributed by atoms with Crippen molar-refractivity contribution in [3.05, 3.63) is 54.4 Å². The van der Waals surface area contributed by atoms with Crippen molar-refractivity contribution in [2.24, 2.45) is 5.41 Å². The first-order valence-corrected chi connectivity index (χ1v) is 9.08. The molecule has 0 radical (unpaired) electrons. The lowest BCUT2D eigenvalue weighted by Gasteiger charge is -2.28. The van der Waals surface area contributed by atoms with Gasteiger partial charge in [-0.2, -0.15) is 0 Å². The first-order chi connectivity index (χ1) is 12.6. The van der Waals surface area contributed by atoms with Gasteiger partial charge in [0.25, 0.3) is 0 Å². The highest BCUT2D eigenvalue weighted by molar-refractivity contribution is 5.86. The summed E-state index contributed by atoms with van der Waals surface area (Å²) in [5.41, 5.74) is 2.73. The third-order valence-electron chi connectivity index (χ3n) is 5.26. The van der Waals surface area contributed by atoms with Crippen LogP contribution in [0.25, 0.3) is 11.1 Å². The molecule has 1 fully saturated rings. The minimum Gasteiger partial charge on any atom is -0.359 e. The van der Waals surface area contributed by atoms with Crippen LogP contribution in [0.4, 0.5) is 0 Å². The number of rotatable bonds is 5. The van der Waals surface area contributed by atoms with E-state index in [2.05, 4.69) is 22.4 Å². The van der Waals surface area contributed by atoms with Gasteiger partial charge in [-0.15, -0.1) is 0 Å². The van der Waals surface area contributed by atoms with Gasteiger partial charge in [0.15, 0.2) is 0 Å². The Morgan fingerprint density at radius 3 is 2.62 bits per heavy atom. The molecule has 1 aromatic carbocycles. The molecule has 1 aliphatic heterocycles. The summed E-state index contributed by atoms with van der Waals surface area (Å²) in [6.45, 7) is 2.97. The van der Waals surface area contributed by atoms with Gasteiger partial charge in [-0.05, 0) is 41.7 Å². The van der Waals surface area contributed by atoms with Crippen LogP contribution in [0.15, 0.2) is 48.8 Å². The van der Waals surface area contributed by atoms with E-state index in [1.165, 1.54) is 0 Å². The molecule has 0 aliphatic carbocycles. The standard InChI is InChI=1S/C21H25N3O2/c1-3-19(25)24-13-10-21(15-24,20(26)22-2)14-17-6-4-5-7-18(17)16-8-11-23-12-9-16/h4-9,11-12H,3,10,13-15H2,1-2H3,(H,22,26)/t21-/m0/s1. The maximum Gasteiger partial charge on any atom is 0.228 e. The maximum absolute atomic E-state index is 12.8. The minimum absolute atomic E-state index is 0.00781. The molecule has 5 heteroatoms. The number of hydrogen-bond donors (Lipinski definition) is 1. The molecule has 0 saturated carbocycles. The number of nitrogens with one attached hydrogen (secondary N) is 1. The molecule has 1 aromatic heterocycles. The van der Waals surface area contributed by atoms with Crippen molar-refractivity contribution in [2.45, 2.75) is 26.2 Å². The van der Waals surface area contributed by atoms with Gasteiger partial charge in [-0.1, -0.05) is 31.2 Å².